The van der Waals surface area contributed by atoms with Crippen molar-refractivity contribution in [3.05, 3.63) is 58.7 Å². The topological polar surface area (TPSA) is 40.5 Å². The van der Waals surface area contributed by atoms with E-state index in [1.165, 1.54) is 6.08 Å². The molecule has 2 aliphatic rings. The van der Waals surface area contributed by atoms with Gasteiger partial charge >= 0.3 is 24.5 Å². The molecule has 0 radical (unpaired) electrons. The monoisotopic (exact) mass is 585 g/mol. The zero-order chi connectivity index (χ0) is 30.0. The van der Waals surface area contributed by atoms with Gasteiger partial charge in [-0.25, -0.2) is 0 Å². The lowest BCUT2D eigenvalue weighted by molar-refractivity contribution is -0.143. The maximum absolute atomic E-state index is 14.2. The zero-order valence-corrected chi connectivity index (χ0v) is 22.0. The number of carboxylic acids is 1. The number of piperidine rings is 1. The molecule has 1 N–H and O–H groups in total. The van der Waals surface area contributed by atoms with Crippen LogP contribution in [0.5, 0.6) is 0 Å². The van der Waals surface area contributed by atoms with Gasteiger partial charge in [-0.05, 0) is 80.2 Å². The van der Waals surface area contributed by atoms with Crippen LogP contribution >= 0.6 is 0 Å². The Hall–Kier alpha value is -2.50. The van der Waals surface area contributed by atoms with Crippen LogP contribution < -0.4 is 0 Å². The quantitative estimate of drug-likeness (QED) is 0.310. The minimum Gasteiger partial charge on any atom is -0.481 e. The smallest absolute Gasteiger partial charge is 0.416 e. The van der Waals surface area contributed by atoms with Crippen LogP contribution in [-0.2, 0) is 17.1 Å². The van der Waals surface area contributed by atoms with Crippen LogP contribution in [-0.4, -0.2) is 34.7 Å². The molecular weight excluding hydrogens is 553 g/mol. The number of allylic oxidation sites excluding steroid dienone is 3. The molecule has 0 amide bonds. The van der Waals surface area contributed by atoms with Crippen LogP contribution in [0.25, 0.3) is 0 Å². The second-order valence-electron chi connectivity index (χ2n) is 10.9. The highest BCUT2D eigenvalue weighted by Crippen LogP contribution is 2.46. The highest BCUT2D eigenvalue weighted by molar-refractivity contribution is 5.67. The largest absolute Gasteiger partial charge is 0.481 e. The Kier molecular flexibility index (Phi) is 9.74. The Bertz CT molecular complexity index is 1100. The summed E-state index contributed by atoms with van der Waals surface area (Å²) in [6.07, 6.45) is -10.6. The Labute approximate surface area is 226 Å². The minimum absolute atomic E-state index is 0.00690. The minimum atomic E-state index is -4.96. The van der Waals surface area contributed by atoms with Gasteiger partial charge in [0.05, 0.1) is 16.7 Å². The van der Waals surface area contributed by atoms with Crippen LogP contribution in [0.3, 0.4) is 0 Å². The normalized spacial score (nSPS) is 23.8. The third kappa shape index (κ3) is 7.82. The van der Waals surface area contributed by atoms with E-state index < -0.39 is 70.7 Å². The number of alkyl halides is 9. The lowest BCUT2D eigenvalue weighted by Crippen LogP contribution is -2.51. The molecule has 12 heteroatoms. The standard InChI is InChI=1S/C28H32F9NO2/c1-16(2)5-12-23(21-15-20(27(32,33)34)10-11-22(21)28(35,36)37)38-13-3-4-18(14-24(39)40)25(38)17-6-8-19(9-7-17)26(29,30)31/h6,8-11,15-18,23,25H,3-5,7,12-14H2,1-2H3,(H,39,40)/t17?,18-,23?,25-/m0/s1. The molecule has 3 nitrogen and oxygen atoms in total. The maximum atomic E-state index is 14.2. The van der Waals surface area contributed by atoms with E-state index in [0.717, 1.165) is 12.2 Å². The first-order valence-electron chi connectivity index (χ1n) is 13.1. The molecule has 1 heterocycles. The number of rotatable bonds is 8. The van der Waals surface area contributed by atoms with Gasteiger partial charge in [0.2, 0.25) is 0 Å². The highest BCUT2D eigenvalue weighted by atomic mass is 19.4. The second-order valence-corrected chi connectivity index (χ2v) is 10.9. The van der Waals surface area contributed by atoms with Gasteiger partial charge in [0.25, 0.3) is 0 Å². The molecule has 1 aliphatic carbocycles. The van der Waals surface area contributed by atoms with Gasteiger partial charge in [-0.15, -0.1) is 0 Å². The molecule has 1 aromatic carbocycles. The molecule has 224 valence electrons. The summed E-state index contributed by atoms with van der Waals surface area (Å²) in [7, 11) is 0. The summed E-state index contributed by atoms with van der Waals surface area (Å²) in [5, 5.41) is 9.55. The van der Waals surface area contributed by atoms with Gasteiger partial charge in [-0.1, -0.05) is 32.1 Å². The Morgan fingerprint density at radius 3 is 2.17 bits per heavy atom. The molecule has 0 aromatic heterocycles. The molecule has 1 fully saturated rings. The summed E-state index contributed by atoms with van der Waals surface area (Å²) in [6.45, 7) is 3.81. The van der Waals surface area contributed by atoms with Gasteiger partial charge in [-0.2, -0.15) is 39.5 Å². The van der Waals surface area contributed by atoms with E-state index in [2.05, 4.69) is 0 Å². The van der Waals surface area contributed by atoms with Gasteiger partial charge in [0.15, 0.2) is 0 Å². The van der Waals surface area contributed by atoms with Crippen molar-refractivity contribution in [1.82, 2.24) is 4.90 Å². The molecule has 0 bridgehead atoms. The predicted molar refractivity (Wildman–Crippen MR) is 130 cm³/mol. The molecule has 1 aromatic rings. The van der Waals surface area contributed by atoms with E-state index in [1.54, 1.807) is 4.90 Å². The van der Waals surface area contributed by atoms with Crippen molar-refractivity contribution in [2.45, 2.75) is 83.0 Å². The van der Waals surface area contributed by atoms with Gasteiger partial charge < -0.3 is 5.11 Å². The maximum Gasteiger partial charge on any atom is 0.416 e. The molecule has 40 heavy (non-hydrogen) atoms. The number of aliphatic carboxylic acids is 1. The fourth-order valence-electron chi connectivity index (χ4n) is 5.90. The number of hydrogen-bond donors (Lipinski definition) is 1. The first kappa shape index (κ1) is 32.0. The molecule has 0 spiro atoms. The van der Waals surface area contributed by atoms with E-state index >= 15 is 0 Å². The number of carbonyl (C=O) groups is 1. The van der Waals surface area contributed by atoms with E-state index in [0.29, 0.717) is 37.5 Å². The molecule has 2 unspecified atom stereocenters. The molecule has 1 aliphatic heterocycles. The predicted octanol–water partition coefficient (Wildman–Crippen LogP) is 8.82. The Balaban J connectivity index is 2.17. The molecule has 4 atom stereocenters. The van der Waals surface area contributed by atoms with Gasteiger partial charge in [0.1, 0.15) is 0 Å². The number of halogens is 9. The third-order valence-electron chi connectivity index (χ3n) is 7.65. The first-order chi connectivity index (χ1) is 18.4. The van der Waals surface area contributed by atoms with Crippen molar-refractivity contribution in [1.29, 1.82) is 0 Å². The summed E-state index contributed by atoms with van der Waals surface area (Å²) in [4.78, 5) is 13.3. The fraction of sp³-hybridized carbons (Fsp3) is 0.607. The van der Waals surface area contributed by atoms with Gasteiger partial charge in [-0.3, -0.25) is 9.69 Å². The number of nitrogens with zero attached hydrogens (tertiary/aromatic N) is 1. The average molecular weight is 586 g/mol. The van der Waals surface area contributed by atoms with Crippen molar-refractivity contribution in [2.75, 3.05) is 6.54 Å². The highest BCUT2D eigenvalue weighted by Gasteiger charge is 2.45. The lowest BCUT2D eigenvalue weighted by atomic mass is 9.74. The summed E-state index contributed by atoms with van der Waals surface area (Å²) < 4.78 is 123. The summed E-state index contributed by atoms with van der Waals surface area (Å²) in [5.74, 6) is -2.47. The van der Waals surface area contributed by atoms with Crippen molar-refractivity contribution in [3.8, 4) is 0 Å². The molecule has 0 saturated carbocycles. The van der Waals surface area contributed by atoms with E-state index in [1.807, 2.05) is 13.8 Å². The summed E-state index contributed by atoms with van der Waals surface area (Å²) in [6, 6.07) is -0.624. The molecule has 3 rings (SSSR count). The fourth-order valence-corrected chi connectivity index (χ4v) is 5.90. The van der Waals surface area contributed by atoms with Crippen molar-refractivity contribution in [2.24, 2.45) is 17.8 Å². The lowest BCUT2D eigenvalue weighted by Gasteiger charge is -2.49. The van der Waals surface area contributed by atoms with Crippen LogP contribution in [0.15, 0.2) is 42.0 Å². The molecule has 1 saturated heterocycles. The van der Waals surface area contributed by atoms with Crippen LogP contribution in [0.2, 0.25) is 0 Å². The van der Waals surface area contributed by atoms with Crippen molar-refractivity contribution >= 4 is 5.97 Å². The summed E-state index contributed by atoms with van der Waals surface area (Å²) >= 11 is 0. The van der Waals surface area contributed by atoms with Crippen LogP contribution in [0.4, 0.5) is 39.5 Å². The second kappa shape index (κ2) is 12.2. The summed E-state index contributed by atoms with van der Waals surface area (Å²) in [5.41, 5.74) is -3.90. The SMILES string of the molecule is CC(C)CCC(c1cc(C(F)(F)F)ccc1C(F)(F)F)N1CCC[C@@H](CC(=O)O)[C@@H]1C1C=CC(C(F)(F)F)=CC1. The third-order valence-corrected chi connectivity index (χ3v) is 7.65. The zero-order valence-electron chi connectivity index (χ0n) is 22.0. The van der Waals surface area contributed by atoms with Gasteiger partial charge in [0, 0.05) is 18.5 Å². The van der Waals surface area contributed by atoms with E-state index in [4.69, 9.17) is 0 Å². The number of likely N-dealkylation sites (tertiary alicyclic amines) is 1. The number of hydrogen-bond acceptors (Lipinski definition) is 2. The Morgan fingerprint density at radius 1 is 1.00 bits per heavy atom. The van der Waals surface area contributed by atoms with Crippen molar-refractivity contribution < 1.29 is 49.4 Å². The number of carboxylic acid groups (broad SMARTS) is 1. The molecular formula is C28H32F9NO2. The first-order valence-corrected chi connectivity index (χ1v) is 13.1. The van der Waals surface area contributed by atoms with Crippen molar-refractivity contribution in [3.63, 3.8) is 0 Å². The number of benzene rings is 1. The van der Waals surface area contributed by atoms with E-state index in [9.17, 15) is 49.4 Å². The van der Waals surface area contributed by atoms with Crippen LogP contribution in [0, 0.1) is 17.8 Å². The van der Waals surface area contributed by atoms with Crippen LogP contribution in [0.1, 0.15) is 75.1 Å². The van der Waals surface area contributed by atoms with E-state index in [-0.39, 0.29) is 31.7 Å². The Morgan fingerprint density at radius 2 is 1.68 bits per heavy atom. The average Bonchev–Trinajstić information content (AvgIpc) is 2.82.